The minimum atomic E-state index is -3.92. The van der Waals surface area contributed by atoms with Crippen LogP contribution in [-0.2, 0) is 10.0 Å². The van der Waals surface area contributed by atoms with Crippen LogP contribution in [0.5, 0.6) is 5.75 Å². The second kappa shape index (κ2) is 8.47. The Balaban J connectivity index is 1.58. The quantitative estimate of drug-likeness (QED) is 0.727. The van der Waals surface area contributed by atoms with Gasteiger partial charge in [0.2, 0.25) is 0 Å². The van der Waals surface area contributed by atoms with Crippen LogP contribution in [0.4, 0.5) is 5.69 Å². The minimum Gasteiger partial charge on any atom is -0.495 e. The van der Waals surface area contributed by atoms with Crippen LogP contribution in [0, 0.1) is 5.92 Å². The van der Waals surface area contributed by atoms with Crippen molar-refractivity contribution in [2.75, 3.05) is 18.4 Å². The number of rotatable bonds is 5. The van der Waals surface area contributed by atoms with Crippen molar-refractivity contribution in [1.29, 1.82) is 0 Å². The summed E-state index contributed by atoms with van der Waals surface area (Å²) in [6.45, 7) is 0.739. The molecule has 1 aliphatic heterocycles. The van der Waals surface area contributed by atoms with Crippen molar-refractivity contribution in [3.63, 3.8) is 0 Å². The zero-order chi connectivity index (χ0) is 21.3. The zero-order valence-electron chi connectivity index (χ0n) is 16.8. The van der Waals surface area contributed by atoms with Crippen LogP contribution in [-0.4, -0.2) is 38.9 Å². The molecule has 2 aromatic carbocycles. The summed E-state index contributed by atoms with van der Waals surface area (Å²) in [5, 5.41) is 0.383. The summed E-state index contributed by atoms with van der Waals surface area (Å²) in [5.74, 6) is 0.837. The second-order valence-electron chi connectivity index (χ2n) is 7.88. The Morgan fingerprint density at radius 2 is 1.93 bits per heavy atom. The molecule has 8 heteroatoms. The highest BCUT2D eigenvalue weighted by atomic mass is 35.5. The third-order valence-corrected chi connectivity index (χ3v) is 7.67. The molecule has 0 bridgehead atoms. The van der Waals surface area contributed by atoms with Gasteiger partial charge in [-0.1, -0.05) is 30.5 Å². The van der Waals surface area contributed by atoms with Gasteiger partial charge in [-0.2, -0.15) is 0 Å². The molecule has 1 amide bonds. The summed E-state index contributed by atoms with van der Waals surface area (Å²) >= 11 is 6.00. The van der Waals surface area contributed by atoms with Crippen LogP contribution >= 0.6 is 11.6 Å². The molecular formula is C22H25ClN2O4S. The molecule has 2 unspecified atom stereocenters. The molecule has 2 aromatic rings. The summed E-state index contributed by atoms with van der Waals surface area (Å²) in [6, 6.07) is 11.2. The highest BCUT2D eigenvalue weighted by Gasteiger charge is 2.38. The summed E-state index contributed by atoms with van der Waals surface area (Å²) in [6.07, 6.45) is 5.61. The van der Waals surface area contributed by atoms with E-state index in [2.05, 4.69) is 4.72 Å². The first-order valence-corrected chi connectivity index (χ1v) is 12.0. The fourth-order valence-electron chi connectivity index (χ4n) is 4.58. The third-order valence-electron chi connectivity index (χ3n) is 6.07. The maximum Gasteiger partial charge on any atom is 0.262 e. The number of sulfonamides is 1. The Bertz CT molecular complexity index is 1060. The highest BCUT2D eigenvalue weighted by molar-refractivity contribution is 7.92. The van der Waals surface area contributed by atoms with Crippen molar-refractivity contribution in [2.45, 2.75) is 43.0 Å². The Labute approximate surface area is 182 Å². The monoisotopic (exact) mass is 448 g/mol. The van der Waals surface area contributed by atoms with Gasteiger partial charge < -0.3 is 9.64 Å². The number of hydrogen-bond acceptors (Lipinski definition) is 4. The van der Waals surface area contributed by atoms with Crippen molar-refractivity contribution in [3.8, 4) is 5.75 Å². The van der Waals surface area contributed by atoms with Gasteiger partial charge in [0.1, 0.15) is 5.75 Å². The molecule has 2 fully saturated rings. The maximum atomic E-state index is 13.2. The average Bonchev–Trinajstić information content (AvgIpc) is 3.17. The van der Waals surface area contributed by atoms with Crippen LogP contribution in [0.3, 0.4) is 0 Å². The number of carbonyl (C=O) groups excluding carboxylic acids is 1. The van der Waals surface area contributed by atoms with E-state index < -0.39 is 10.0 Å². The van der Waals surface area contributed by atoms with Crippen LogP contribution in [0.2, 0.25) is 5.02 Å². The normalized spacial score (nSPS) is 21.2. The maximum absolute atomic E-state index is 13.2. The number of ether oxygens (including phenoxy) is 1. The fraction of sp³-hybridized carbons (Fsp3) is 0.409. The van der Waals surface area contributed by atoms with E-state index in [-0.39, 0.29) is 22.5 Å². The molecule has 1 N–H and O–H groups in total. The molecular weight excluding hydrogens is 424 g/mol. The molecule has 0 spiro atoms. The Morgan fingerprint density at radius 1 is 1.13 bits per heavy atom. The van der Waals surface area contributed by atoms with E-state index in [1.54, 1.807) is 24.3 Å². The molecule has 2 atom stereocenters. The number of nitrogens with one attached hydrogen (secondary N) is 1. The number of methoxy groups -OCH3 is 1. The topological polar surface area (TPSA) is 75.7 Å². The van der Waals surface area contributed by atoms with Crippen molar-refractivity contribution in [2.24, 2.45) is 5.92 Å². The predicted molar refractivity (Wildman–Crippen MR) is 117 cm³/mol. The van der Waals surface area contributed by atoms with Crippen LogP contribution in [0.15, 0.2) is 47.4 Å². The van der Waals surface area contributed by atoms with E-state index in [9.17, 15) is 13.2 Å². The standard InChI is InChI=1S/C22H25ClN2O4S/c1-29-21-10-9-17(23)14-19(21)24-30(27,28)18-7-4-6-16(13-18)22(26)25-12-11-15-5-2-3-8-20(15)25/h4,6-7,9-10,13-15,20,24H,2-3,5,8,11-12H2,1H3. The first-order chi connectivity index (χ1) is 14.4. The summed E-state index contributed by atoms with van der Waals surface area (Å²) in [5.41, 5.74) is 0.633. The molecule has 4 rings (SSSR count). The van der Waals surface area contributed by atoms with Crippen molar-refractivity contribution in [1.82, 2.24) is 4.90 Å². The number of fused-ring (bicyclic) bond motifs is 1. The highest BCUT2D eigenvalue weighted by Crippen LogP contribution is 2.37. The van der Waals surface area contributed by atoms with E-state index in [4.69, 9.17) is 16.3 Å². The lowest BCUT2D eigenvalue weighted by atomic mass is 9.85. The SMILES string of the molecule is COc1ccc(Cl)cc1NS(=O)(=O)c1cccc(C(=O)N2CCC3CCCCC32)c1. The minimum absolute atomic E-state index is 0.0229. The predicted octanol–water partition coefficient (Wildman–Crippen LogP) is 4.55. The van der Waals surface area contributed by atoms with Gasteiger partial charge in [0.05, 0.1) is 17.7 Å². The van der Waals surface area contributed by atoms with E-state index >= 15 is 0 Å². The first-order valence-electron chi connectivity index (χ1n) is 10.2. The second-order valence-corrected chi connectivity index (χ2v) is 10.00. The summed E-state index contributed by atoms with van der Waals surface area (Å²) < 4.78 is 33.7. The smallest absolute Gasteiger partial charge is 0.262 e. The lowest BCUT2D eigenvalue weighted by molar-refractivity contribution is 0.0690. The lowest BCUT2D eigenvalue weighted by Crippen LogP contribution is -2.39. The van der Waals surface area contributed by atoms with Crippen LogP contribution in [0.25, 0.3) is 0 Å². The summed E-state index contributed by atoms with van der Waals surface area (Å²) in [4.78, 5) is 15.1. The zero-order valence-corrected chi connectivity index (χ0v) is 18.4. The van der Waals surface area contributed by atoms with E-state index in [1.807, 2.05) is 4.90 Å². The molecule has 1 aliphatic carbocycles. The molecule has 1 saturated heterocycles. The molecule has 2 aliphatic rings. The number of nitrogens with zero attached hydrogens (tertiary/aromatic N) is 1. The Kier molecular flexibility index (Phi) is 5.93. The van der Waals surface area contributed by atoms with Gasteiger partial charge in [-0.25, -0.2) is 8.42 Å². The van der Waals surface area contributed by atoms with Gasteiger partial charge in [0, 0.05) is 23.2 Å². The van der Waals surface area contributed by atoms with Crippen LogP contribution in [0.1, 0.15) is 42.5 Å². The first kappa shape index (κ1) is 21.0. The van der Waals surface area contributed by atoms with Gasteiger partial charge in [-0.3, -0.25) is 9.52 Å². The largest absolute Gasteiger partial charge is 0.495 e. The fourth-order valence-corrected chi connectivity index (χ4v) is 5.86. The molecule has 1 saturated carbocycles. The third kappa shape index (κ3) is 4.14. The molecule has 30 heavy (non-hydrogen) atoms. The number of benzene rings is 2. The summed E-state index contributed by atoms with van der Waals surface area (Å²) in [7, 11) is -2.47. The molecule has 160 valence electrons. The number of anilines is 1. The molecule has 6 nitrogen and oxygen atoms in total. The number of halogens is 1. The van der Waals surface area contributed by atoms with Crippen molar-refractivity contribution in [3.05, 3.63) is 53.1 Å². The van der Waals surface area contributed by atoms with E-state index in [1.165, 1.54) is 38.2 Å². The van der Waals surface area contributed by atoms with Crippen molar-refractivity contribution < 1.29 is 17.9 Å². The number of amides is 1. The van der Waals surface area contributed by atoms with Gasteiger partial charge in [-0.05, 0) is 61.6 Å². The van der Waals surface area contributed by atoms with E-state index in [0.717, 1.165) is 25.8 Å². The number of likely N-dealkylation sites (tertiary alicyclic amines) is 1. The molecule has 0 radical (unpaired) electrons. The van der Waals surface area contributed by atoms with Gasteiger partial charge in [0.15, 0.2) is 0 Å². The molecule has 1 heterocycles. The Morgan fingerprint density at radius 3 is 2.73 bits per heavy atom. The van der Waals surface area contributed by atoms with Gasteiger partial charge in [-0.15, -0.1) is 0 Å². The average molecular weight is 449 g/mol. The van der Waals surface area contributed by atoms with Gasteiger partial charge in [0.25, 0.3) is 15.9 Å². The number of carbonyl (C=O) groups is 1. The lowest BCUT2D eigenvalue weighted by Gasteiger charge is -2.31. The number of hydrogen-bond donors (Lipinski definition) is 1. The molecule has 0 aromatic heterocycles. The van der Waals surface area contributed by atoms with Crippen LogP contribution < -0.4 is 9.46 Å². The van der Waals surface area contributed by atoms with Crippen molar-refractivity contribution >= 4 is 33.2 Å². The Hall–Kier alpha value is -2.25. The van der Waals surface area contributed by atoms with Gasteiger partial charge >= 0.3 is 0 Å². The van der Waals surface area contributed by atoms with E-state index in [0.29, 0.717) is 22.3 Å².